The van der Waals surface area contributed by atoms with Gasteiger partial charge in [-0.1, -0.05) is 17.3 Å². The highest BCUT2D eigenvalue weighted by atomic mass is 32.1. The predicted molar refractivity (Wildman–Crippen MR) is 68.5 cm³/mol. The molecule has 0 saturated carbocycles. The van der Waals surface area contributed by atoms with E-state index in [4.69, 9.17) is 4.52 Å². The van der Waals surface area contributed by atoms with Gasteiger partial charge in [0.2, 0.25) is 0 Å². The van der Waals surface area contributed by atoms with Gasteiger partial charge in [0, 0.05) is 11.3 Å². The summed E-state index contributed by atoms with van der Waals surface area (Å²) in [5.74, 6) is -0.361. The van der Waals surface area contributed by atoms with Gasteiger partial charge in [0.15, 0.2) is 5.82 Å². The van der Waals surface area contributed by atoms with Gasteiger partial charge in [0.25, 0.3) is 5.89 Å². The van der Waals surface area contributed by atoms with Crippen LogP contribution in [0.2, 0.25) is 0 Å². The number of phenolic OH excluding ortho intramolecular Hbond substituents is 1. The summed E-state index contributed by atoms with van der Waals surface area (Å²) in [7, 11) is 0. The molecule has 0 saturated heterocycles. The van der Waals surface area contributed by atoms with E-state index >= 15 is 0 Å². The van der Waals surface area contributed by atoms with E-state index in [0.29, 0.717) is 12.2 Å². The first-order chi connectivity index (χ1) is 9.24. The maximum Gasteiger partial charge on any atom is 0.264 e. The minimum absolute atomic E-state index is 0.0119. The van der Waals surface area contributed by atoms with E-state index in [1.54, 1.807) is 11.3 Å². The Labute approximate surface area is 112 Å². The molecule has 0 aliphatic carbocycles. The molecule has 0 bridgehead atoms. The Balaban J connectivity index is 1.93. The molecule has 2 aromatic heterocycles. The van der Waals surface area contributed by atoms with Crippen molar-refractivity contribution >= 4 is 11.3 Å². The van der Waals surface area contributed by atoms with Crippen LogP contribution in [-0.4, -0.2) is 15.2 Å². The molecule has 0 atom stereocenters. The molecule has 19 heavy (non-hydrogen) atoms. The molecule has 6 heteroatoms. The average Bonchev–Trinajstić information content (AvgIpc) is 3.02. The van der Waals surface area contributed by atoms with Gasteiger partial charge in [0.05, 0.1) is 0 Å². The Morgan fingerprint density at radius 1 is 1.26 bits per heavy atom. The summed E-state index contributed by atoms with van der Waals surface area (Å²) in [5, 5.41) is 15.4. The van der Waals surface area contributed by atoms with Gasteiger partial charge in [-0.25, -0.2) is 4.39 Å². The summed E-state index contributed by atoms with van der Waals surface area (Å²) in [6.45, 7) is 0. The SMILES string of the molecule is Oc1cccc(F)c1-c1nc(Cc2cccs2)no1. The first-order valence-corrected chi connectivity index (χ1v) is 6.45. The second kappa shape index (κ2) is 4.81. The molecule has 0 radical (unpaired) electrons. The zero-order valence-corrected chi connectivity index (χ0v) is 10.5. The lowest BCUT2D eigenvalue weighted by Gasteiger charge is -1.99. The molecule has 1 N–H and O–H groups in total. The Morgan fingerprint density at radius 2 is 2.16 bits per heavy atom. The monoisotopic (exact) mass is 276 g/mol. The van der Waals surface area contributed by atoms with E-state index < -0.39 is 5.82 Å². The van der Waals surface area contributed by atoms with Crippen molar-refractivity contribution < 1.29 is 14.0 Å². The quantitative estimate of drug-likeness (QED) is 0.797. The lowest BCUT2D eigenvalue weighted by molar-refractivity contribution is 0.415. The number of aromatic hydroxyl groups is 1. The number of thiophene rings is 1. The second-order valence-corrected chi connectivity index (χ2v) is 4.94. The number of halogens is 1. The van der Waals surface area contributed by atoms with Gasteiger partial charge in [-0.15, -0.1) is 11.3 Å². The Hall–Kier alpha value is -2.21. The number of hydrogen-bond acceptors (Lipinski definition) is 5. The maximum absolute atomic E-state index is 13.6. The molecule has 0 aliphatic heterocycles. The summed E-state index contributed by atoms with van der Waals surface area (Å²) in [5.41, 5.74) is -0.0626. The molecule has 1 aromatic carbocycles. The molecule has 96 valence electrons. The van der Waals surface area contributed by atoms with Gasteiger partial charge < -0.3 is 9.63 Å². The van der Waals surface area contributed by atoms with E-state index in [1.165, 1.54) is 18.2 Å². The molecule has 3 rings (SSSR count). The normalized spacial score (nSPS) is 10.8. The Bertz CT molecular complexity index is 674. The third-order valence-electron chi connectivity index (χ3n) is 2.59. The van der Waals surface area contributed by atoms with Gasteiger partial charge in [-0.2, -0.15) is 4.98 Å². The highest BCUT2D eigenvalue weighted by molar-refractivity contribution is 7.09. The fourth-order valence-electron chi connectivity index (χ4n) is 1.72. The molecule has 3 aromatic rings. The van der Waals surface area contributed by atoms with Crippen molar-refractivity contribution in [2.75, 3.05) is 0 Å². The van der Waals surface area contributed by atoms with Crippen molar-refractivity contribution in [2.45, 2.75) is 6.42 Å². The fraction of sp³-hybridized carbons (Fsp3) is 0.0769. The third-order valence-corrected chi connectivity index (χ3v) is 3.46. The van der Waals surface area contributed by atoms with Crippen LogP contribution in [0.3, 0.4) is 0 Å². The molecular weight excluding hydrogens is 267 g/mol. The Kier molecular flexibility index (Phi) is 3.00. The summed E-state index contributed by atoms with van der Waals surface area (Å²) < 4.78 is 18.6. The maximum atomic E-state index is 13.6. The van der Waals surface area contributed by atoms with Crippen LogP contribution in [0.25, 0.3) is 11.5 Å². The number of benzene rings is 1. The first kappa shape index (κ1) is 11.9. The summed E-state index contributed by atoms with van der Waals surface area (Å²) in [6.07, 6.45) is 0.524. The predicted octanol–water partition coefficient (Wildman–Crippen LogP) is 3.23. The fourth-order valence-corrected chi connectivity index (χ4v) is 2.42. The van der Waals surface area contributed by atoms with Crippen molar-refractivity contribution in [3.8, 4) is 17.2 Å². The van der Waals surface area contributed by atoms with Crippen LogP contribution >= 0.6 is 11.3 Å². The van der Waals surface area contributed by atoms with Gasteiger partial charge in [-0.3, -0.25) is 0 Å². The van der Waals surface area contributed by atoms with Gasteiger partial charge in [0.1, 0.15) is 17.1 Å². The molecule has 4 nitrogen and oxygen atoms in total. The highest BCUT2D eigenvalue weighted by Gasteiger charge is 2.17. The number of hydrogen-bond donors (Lipinski definition) is 1. The number of aromatic nitrogens is 2. The van der Waals surface area contributed by atoms with Crippen LogP contribution < -0.4 is 0 Å². The summed E-state index contributed by atoms with van der Waals surface area (Å²) in [6, 6.07) is 7.92. The molecule has 0 spiro atoms. The van der Waals surface area contributed by atoms with Crippen molar-refractivity contribution in [3.05, 3.63) is 52.2 Å². The highest BCUT2D eigenvalue weighted by Crippen LogP contribution is 2.30. The molecular formula is C13H9FN2O2S. The molecule has 2 heterocycles. The minimum atomic E-state index is -0.591. The topological polar surface area (TPSA) is 59.2 Å². The second-order valence-electron chi connectivity index (χ2n) is 3.91. The van der Waals surface area contributed by atoms with Crippen LogP contribution in [0.5, 0.6) is 5.75 Å². The summed E-state index contributed by atoms with van der Waals surface area (Å²) >= 11 is 1.58. The van der Waals surface area contributed by atoms with Crippen molar-refractivity contribution in [1.82, 2.24) is 10.1 Å². The lowest BCUT2D eigenvalue weighted by Crippen LogP contribution is -1.89. The van der Waals surface area contributed by atoms with Crippen LogP contribution in [0.4, 0.5) is 4.39 Å². The molecule has 0 unspecified atom stereocenters. The van der Waals surface area contributed by atoms with Crippen LogP contribution in [0, 0.1) is 5.82 Å². The number of nitrogens with zero attached hydrogens (tertiary/aromatic N) is 2. The van der Waals surface area contributed by atoms with E-state index in [1.807, 2.05) is 17.5 Å². The van der Waals surface area contributed by atoms with E-state index in [9.17, 15) is 9.50 Å². The molecule has 0 amide bonds. The van der Waals surface area contributed by atoms with Crippen LogP contribution in [0.15, 0.2) is 40.2 Å². The minimum Gasteiger partial charge on any atom is -0.507 e. The van der Waals surface area contributed by atoms with E-state index in [0.717, 1.165) is 4.88 Å². The zero-order valence-electron chi connectivity index (χ0n) is 9.71. The third kappa shape index (κ3) is 2.34. The standard InChI is InChI=1S/C13H9FN2O2S/c14-9-4-1-5-10(17)12(9)13-15-11(16-18-13)7-8-3-2-6-19-8/h1-6,17H,7H2. The molecule has 0 fully saturated rings. The van der Waals surface area contributed by atoms with E-state index in [2.05, 4.69) is 10.1 Å². The lowest BCUT2D eigenvalue weighted by atomic mass is 10.2. The van der Waals surface area contributed by atoms with Crippen molar-refractivity contribution in [1.29, 1.82) is 0 Å². The van der Waals surface area contributed by atoms with Gasteiger partial charge in [-0.05, 0) is 23.6 Å². The largest absolute Gasteiger partial charge is 0.507 e. The average molecular weight is 276 g/mol. The molecule has 0 aliphatic rings. The van der Waals surface area contributed by atoms with Crippen molar-refractivity contribution in [2.24, 2.45) is 0 Å². The zero-order chi connectivity index (χ0) is 13.2. The summed E-state index contributed by atoms with van der Waals surface area (Å²) in [4.78, 5) is 5.19. The van der Waals surface area contributed by atoms with Crippen molar-refractivity contribution in [3.63, 3.8) is 0 Å². The first-order valence-electron chi connectivity index (χ1n) is 5.57. The van der Waals surface area contributed by atoms with E-state index in [-0.39, 0.29) is 17.2 Å². The number of phenols is 1. The van der Waals surface area contributed by atoms with Gasteiger partial charge >= 0.3 is 0 Å². The van der Waals surface area contributed by atoms with Crippen LogP contribution in [0.1, 0.15) is 10.7 Å². The van der Waals surface area contributed by atoms with Crippen LogP contribution in [-0.2, 0) is 6.42 Å². The smallest absolute Gasteiger partial charge is 0.264 e. The number of rotatable bonds is 3. The Morgan fingerprint density at radius 3 is 2.89 bits per heavy atom.